The predicted octanol–water partition coefficient (Wildman–Crippen LogP) is 17.7. The maximum absolute atomic E-state index is 12.8. The Hall–Kier alpha value is -1.59. The van der Waals surface area contributed by atoms with Crippen molar-refractivity contribution in [2.45, 2.75) is 310 Å². The first-order valence-electron chi connectivity index (χ1n) is 27.2. The molecule has 0 aliphatic heterocycles. The average Bonchev–Trinajstić information content (AvgIpc) is 3.23. The zero-order valence-corrected chi connectivity index (χ0v) is 41.8. The van der Waals surface area contributed by atoms with Crippen molar-refractivity contribution in [3.05, 3.63) is 0 Å². The third-order valence-corrected chi connectivity index (χ3v) is 12.5. The highest BCUT2D eigenvalue weighted by molar-refractivity contribution is 5.71. The topological polar surface area (TPSA) is 78.9 Å². The van der Waals surface area contributed by atoms with E-state index in [-0.39, 0.29) is 31.1 Å². The van der Waals surface area contributed by atoms with Crippen molar-refractivity contribution in [1.82, 2.24) is 0 Å². The summed E-state index contributed by atoms with van der Waals surface area (Å²) in [5.41, 5.74) is 0. The minimum atomic E-state index is -0.762. The second kappa shape index (κ2) is 47.9. The third kappa shape index (κ3) is 49.3. The molecule has 0 spiro atoms. The van der Waals surface area contributed by atoms with Crippen LogP contribution in [0.2, 0.25) is 0 Å². The van der Waals surface area contributed by atoms with Crippen LogP contribution in [0.3, 0.4) is 0 Å². The van der Waals surface area contributed by atoms with Gasteiger partial charge in [0.15, 0.2) is 6.10 Å². The SMILES string of the molecule is CCCCCCCCCCCCCCCCCCCCCC(=O)O[C@H](COC(=O)CCCCCCCCCCCCCC(C)C)COC(=O)CCCCCCCCCC(C)C. The van der Waals surface area contributed by atoms with E-state index < -0.39 is 6.10 Å². The Morgan fingerprint density at radius 2 is 0.541 bits per heavy atom. The lowest BCUT2D eigenvalue weighted by molar-refractivity contribution is -0.167. The van der Waals surface area contributed by atoms with Gasteiger partial charge in [-0.15, -0.1) is 0 Å². The van der Waals surface area contributed by atoms with Gasteiger partial charge in [-0.3, -0.25) is 14.4 Å². The van der Waals surface area contributed by atoms with Crippen LogP contribution in [0.15, 0.2) is 0 Å². The summed E-state index contributed by atoms with van der Waals surface area (Å²) in [6.07, 6.45) is 49.6. The van der Waals surface area contributed by atoms with Crippen LogP contribution in [-0.2, 0) is 28.6 Å². The summed E-state index contributed by atoms with van der Waals surface area (Å²) in [6.45, 7) is 11.3. The summed E-state index contributed by atoms with van der Waals surface area (Å²) in [5.74, 6) is 0.760. The molecule has 0 aliphatic carbocycles. The average molecular weight is 863 g/mol. The first-order chi connectivity index (χ1) is 29.7. The fourth-order valence-corrected chi connectivity index (χ4v) is 8.34. The van der Waals surface area contributed by atoms with Gasteiger partial charge in [0.25, 0.3) is 0 Å². The van der Waals surface area contributed by atoms with Gasteiger partial charge in [0, 0.05) is 19.3 Å². The quantitative estimate of drug-likeness (QED) is 0.0344. The zero-order chi connectivity index (χ0) is 44.7. The fraction of sp³-hybridized carbons (Fsp3) is 0.945. The van der Waals surface area contributed by atoms with Crippen molar-refractivity contribution in [3.8, 4) is 0 Å². The summed E-state index contributed by atoms with van der Waals surface area (Å²) >= 11 is 0. The molecule has 0 aromatic rings. The molecule has 0 aromatic heterocycles. The molecule has 0 aromatic carbocycles. The molecular formula is C55H106O6. The first-order valence-corrected chi connectivity index (χ1v) is 27.2. The fourth-order valence-electron chi connectivity index (χ4n) is 8.34. The molecule has 0 aliphatic rings. The summed E-state index contributed by atoms with van der Waals surface area (Å²) in [6, 6.07) is 0. The lowest BCUT2D eigenvalue weighted by Gasteiger charge is -2.18. The largest absolute Gasteiger partial charge is 0.462 e. The van der Waals surface area contributed by atoms with Crippen LogP contribution in [-0.4, -0.2) is 37.2 Å². The van der Waals surface area contributed by atoms with Crippen LogP contribution in [0.4, 0.5) is 0 Å². The zero-order valence-electron chi connectivity index (χ0n) is 41.8. The number of hydrogen-bond acceptors (Lipinski definition) is 6. The van der Waals surface area contributed by atoms with Gasteiger partial charge in [0.05, 0.1) is 0 Å². The minimum absolute atomic E-state index is 0.0642. The van der Waals surface area contributed by atoms with E-state index >= 15 is 0 Å². The Bertz CT molecular complexity index is 931. The Kier molecular flexibility index (Phi) is 46.6. The highest BCUT2D eigenvalue weighted by Crippen LogP contribution is 2.18. The van der Waals surface area contributed by atoms with Gasteiger partial charge < -0.3 is 14.2 Å². The standard InChI is InChI=1S/C55H106O6/c1-6-7-8-9-10-11-12-13-14-15-16-17-18-19-22-26-31-37-42-47-55(58)61-52(49-60-54(57)46-41-36-32-27-29-34-39-44-51(4)5)48-59-53(56)45-40-35-30-25-23-20-21-24-28-33-38-43-50(2)3/h50-52H,6-49H2,1-5H3/t52-/m1/s1. The van der Waals surface area contributed by atoms with E-state index in [0.29, 0.717) is 19.3 Å². The number of hydrogen-bond donors (Lipinski definition) is 0. The highest BCUT2D eigenvalue weighted by atomic mass is 16.6. The minimum Gasteiger partial charge on any atom is -0.462 e. The molecule has 0 fully saturated rings. The molecule has 6 nitrogen and oxygen atoms in total. The van der Waals surface area contributed by atoms with E-state index in [1.807, 2.05) is 0 Å². The molecular weight excluding hydrogens is 757 g/mol. The summed E-state index contributed by atoms with van der Waals surface area (Å²) in [4.78, 5) is 38.0. The number of rotatable bonds is 49. The van der Waals surface area contributed by atoms with Crippen molar-refractivity contribution < 1.29 is 28.6 Å². The van der Waals surface area contributed by atoms with E-state index in [4.69, 9.17) is 14.2 Å². The van der Waals surface area contributed by atoms with Crippen molar-refractivity contribution in [2.24, 2.45) is 11.8 Å². The summed E-state index contributed by atoms with van der Waals surface area (Å²) in [5, 5.41) is 0. The van der Waals surface area contributed by atoms with E-state index in [1.165, 1.54) is 193 Å². The monoisotopic (exact) mass is 863 g/mol. The summed E-state index contributed by atoms with van der Waals surface area (Å²) in [7, 11) is 0. The molecule has 0 saturated heterocycles. The van der Waals surface area contributed by atoms with Gasteiger partial charge in [-0.2, -0.15) is 0 Å². The molecule has 6 heteroatoms. The summed E-state index contributed by atoms with van der Waals surface area (Å²) < 4.78 is 16.8. The third-order valence-electron chi connectivity index (χ3n) is 12.5. The van der Waals surface area contributed by atoms with E-state index in [9.17, 15) is 14.4 Å². The molecule has 0 radical (unpaired) electrons. The van der Waals surface area contributed by atoms with Crippen molar-refractivity contribution in [3.63, 3.8) is 0 Å². The van der Waals surface area contributed by atoms with E-state index in [2.05, 4.69) is 34.6 Å². The number of esters is 3. The second-order valence-electron chi connectivity index (χ2n) is 19.8. The lowest BCUT2D eigenvalue weighted by atomic mass is 10.0. The Labute approximate surface area is 380 Å². The number of carbonyl (C=O) groups is 3. The number of carbonyl (C=O) groups excluding carboxylic acids is 3. The highest BCUT2D eigenvalue weighted by Gasteiger charge is 2.19. The molecule has 61 heavy (non-hydrogen) atoms. The van der Waals surface area contributed by atoms with Crippen molar-refractivity contribution in [1.29, 1.82) is 0 Å². The molecule has 1 atom stereocenters. The smallest absolute Gasteiger partial charge is 0.306 e. The molecule has 362 valence electrons. The first kappa shape index (κ1) is 59.4. The normalized spacial score (nSPS) is 12.0. The Morgan fingerprint density at radius 1 is 0.311 bits per heavy atom. The van der Waals surface area contributed by atoms with Gasteiger partial charge in [0.1, 0.15) is 13.2 Å². The Morgan fingerprint density at radius 3 is 0.803 bits per heavy atom. The van der Waals surface area contributed by atoms with Gasteiger partial charge in [-0.1, -0.05) is 266 Å². The van der Waals surface area contributed by atoms with Crippen molar-refractivity contribution >= 4 is 17.9 Å². The number of ether oxygens (including phenoxy) is 3. The van der Waals surface area contributed by atoms with Crippen LogP contribution in [0.25, 0.3) is 0 Å². The molecule has 0 bridgehead atoms. The van der Waals surface area contributed by atoms with Crippen molar-refractivity contribution in [2.75, 3.05) is 13.2 Å². The van der Waals surface area contributed by atoms with Gasteiger partial charge in [-0.25, -0.2) is 0 Å². The van der Waals surface area contributed by atoms with Crippen LogP contribution in [0.5, 0.6) is 0 Å². The predicted molar refractivity (Wildman–Crippen MR) is 261 cm³/mol. The van der Waals surface area contributed by atoms with Crippen LogP contribution < -0.4 is 0 Å². The molecule has 0 heterocycles. The van der Waals surface area contributed by atoms with Gasteiger partial charge in [-0.05, 0) is 31.1 Å². The molecule has 0 N–H and O–H groups in total. The van der Waals surface area contributed by atoms with E-state index in [1.54, 1.807) is 0 Å². The van der Waals surface area contributed by atoms with E-state index in [0.717, 1.165) is 69.6 Å². The molecule has 0 amide bonds. The van der Waals surface area contributed by atoms with Crippen LogP contribution in [0.1, 0.15) is 304 Å². The lowest BCUT2D eigenvalue weighted by Crippen LogP contribution is -2.30. The van der Waals surface area contributed by atoms with Crippen LogP contribution >= 0.6 is 0 Å². The molecule has 0 rings (SSSR count). The van der Waals surface area contributed by atoms with Gasteiger partial charge >= 0.3 is 17.9 Å². The molecule has 0 unspecified atom stereocenters. The number of unbranched alkanes of at least 4 members (excludes halogenated alkanes) is 34. The van der Waals surface area contributed by atoms with Gasteiger partial charge in [0.2, 0.25) is 0 Å². The maximum Gasteiger partial charge on any atom is 0.306 e. The second-order valence-corrected chi connectivity index (χ2v) is 19.8. The maximum atomic E-state index is 12.8. The molecule has 0 saturated carbocycles. The van der Waals surface area contributed by atoms with Crippen LogP contribution in [0, 0.1) is 11.8 Å². The Balaban J connectivity index is 4.25.